The predicted molar refractivity (Wildman–Crippen MR) is 113 cm³/mol. The van der Waals surface area contributed by atoms with Gasteiger partial charge >= 0.3 is 0 Å². The van der Waals surface area contributed by atoms with Crippen molar-refractivity contribution >= 4 is 0 Å². The van der Waals surface area contributed by atoms with Crippen molar-refractivity contribution in [3.8, 4) is 0 Å². The lowest BCUT2D eigenvalue weighted by molar-refractivity contribution is -0.278. The number of hydrogen-bond donors (Lipinski definition) is 2. The zero-order valence-electron chi connectivity index (χ0n) is 17.6. The van der Waals surface area contributed by atoms with Gasteiger partial charge in [-0.05, 0) is 25.0 Å². The molecule has 30 heavy (non-hydrogen) atoms. The molecule has 0 saturated carbocycles. The highest BCUT2D eigenvalue weighted by Gasteiger charge is 2.45. The van der Waals surface area contributed by atoms with E-state index >= 15 is 0 Å². The summed E-state index contributed by atoms with van der Waals surface area (Å²) in [6.07, 6.45) is -2.39. The number of rotatable bonds is 10. The Balaban J connectivity index is 1.70. The molecule has 2 aromatic rings. The van der Waals surface area contributed by atoms with Crippen molar-refractivity contribution in [3.05, 3.63) is 71.8 Å². The molecule has 1 aliphatic rings. The van der Waals surface area contributed by atoms with Gasteiger partial charge in [0.05, 0.1) is 38.6 Å². The minimum atomic E-state index is -0.621. The van der Waals surface area contributed by atoms with Gasteiger partial charge in [-0.2, -0.15) is 0 Å². The molecule has 1 saturated heterocycles. The lowest BCUT2D eigenvalue weighted by Crippen LogP contribution is -2.59. The Labute approximate surface area is 178 Å². The quantitative estimate of drug-likeness (QED) is 0.620. The minimum absolute atomic E-state index is 0.228. The van der Waals surface area contributed by atoms with Crippen molar-refractivity contribution < 1.29 is 29.2 Å². The van der Waals surface area contributed by atoms with E-state index in [1.807, 2.05) is 74.5 Å². The Morgan fingerprint density at radius 1 is 0.833 bits per heavy atom. The number of benzene rings is 2. The Kier molecular flexibility index (Phi) is 8.39. The standard InChI is InChI=1S/C24H32O6/c1-24(2)17-29-22(20(13-25)27-15-18-9-5-3-6-10-18)23(30-24)21(14-26)28-16-19-11-7-4-8-12-19/h3-12,20-23,25-26H,13-17H2,1-2H3. The molecule has 0 bridgehead atoms. The molecular weight excluding hydrogens is 384 g/mol. The first-order valence-corrected chi connectivity index (χ1v) is 10.3. The average Bonchev–Trinajstić information content (AvgIpc) is 2.77. The van der Waals surface area contributed by atoms with Gasteiger partial charge < -0.3 is 29.2 Å². The molecule has 164 valence electrons. The second kappa shape index (κ2) is 11.0. The van der Waals surface area contributed by atoms with Gasteiger partial charge in [0.15, 0.2) is 0 Å². The van der Waals surface area contributed by atoms with Crippen LogP contribution in [0.15, 0.2) is 60.7 Å². The van der Waals surface area contributed by atoms with Crippen molar-refractivity contribution in [2.45, 2.75) is 57.1 Å². The monoisotopic (exact) mass is 416 g/mol. The van der Waals surface area contributed by atoms with Crippen LogP contribution in [0, 0.1) is 0 Å². The van der Waals surface area contributed by atoms with Crippen LogP contribution in [0.2, 0.25) is 0 Å². The third kappa shape index (κ3) is 6.35. The fourth-order valence-corrected chi connectivity index (χ4v) is 3.53. The zero-order chi connectivity index (χ0) is 21.4. The first kappa shape index (κ1) is 22.9. The molecule has 1 fully saturated rings. The molecule has 0 aromatic heterocycles. The molecule has 0 amide bonds. The SMILES string of the molecule is CC1(C)COC(C(CO)OCc2ccccc2)C(C(CO)OCc2ccccc2)O1. The zero-order valence-corrected chi connectivity index (χ0v) is 17.6. The van der Waals surface area contributed by atoms with E-state index in [0.29, 0.717) is 19.8 Å². The summed E-state index contributed by atoms with van der Waals surface area (Å²) in [5.41, 5.74) is 1.47. The Morgan fingerprint density at radius 3 is 1.77 bits per heavy atom. The first-order valence-electron chi connectivity index (χ1n) is 10.3. The summed E-state index contributed by atoms with van der Waals surface area (Å²) in [6, 6.07) is 19.5. The van der Waals surface area contributed by atoms with Gasteiger partial charge in [0.2, 0.25) is 0 Å². The van der Waals surface area contributed by atoms with Gasteiger partial charge in [-0.25, -0.2) is 0 Å². The van der Waals surface area contributed by atoms with Crippen LogP contribution in [0.4, 0.5) is 0 Å². The van der Waals surface area contributed by atoms with E-state index in [1.54, 1.807) is 0 Å². The highest BCUT2D eigenvalue weighted by Crippen LogP contribution is 2.29. The van der Waals surface area contributed by atoms with Crippen LogP contribution in [0.3, 0.4) is 0 Å². The topological polar surface area (TPSA) is 77.4 Å². The summed E-state index contributed by atoms with van der Waals surface area (Å²) in [5.74, 6) is 0. The van der Waals surface area contributed by atoms with Crippen molar-refractivity contribution in [1.82, 2.24) is 0 Å². The third-order valence-corrected chi connectivity index (χ3v) is 5.11. The molecule has 2 N–H and O–H groups in total. The summed E-state index contributed by atoms with van der Waals surface area (Å²) < 4.78 is 24.3. The fraction of sp³-hybridized carbons (Fsp3) is 0.500. The number of ether oxygens (including phenoxy) is 4. The molecule has 0 spiro atoms. The molecule has 6 nitrogen and oxygen atoms in total. The molecule has 4 atom stereocenters. The normalized spacial score (nSPS) is 23.1. The van der Waals surface area contributed by atoms with Crippen molar-refractivity contribution in [2.24, 2.45) is 0 Å². The highest BCUT2D eigenvalue weighted by atomic mass is 16.6. The second-order valence-electron chi connectivity index (χ2n) is 8.15. The summed E-state index contributed by atoms with van der Waals surface area (Å²) >= 11 is 0. The Hall–Kier alpha value is -1.80. The van der Waals surface area contributed by atoms with Gasteiger partial charge in [0.1, 0.15) is 24.4 Å². The molecule has 1 aliphatic heterocycles. The van der Waals surface area contributed by atoms with E-state index in [1.165, 1.54) is 0 Å². The highest BCUT2D eigenvalue weighted by molar-refractivity contribution is 5.14. The molecule has 6 heteroatoms. The van der Waals surface area contributed by atoms with Crippen LogP contribution < -0.4 is 0 Å². The molecule has 1 heterocycles. The smallest absolute Gasteiger partial charge is 0.115 e. The summed E-state index contributed by atoms with van der Waals surface area (Å²) in [5, 5.41) is 20.0. The maximum Gasteiger partial charge on any atom is 0.115 e. The predicted octanol–water partition coefficient (Wildman–Crippen LogP) is 2.70. The van der Waals surface area contributed by atoms with Gasteiger partial charge in [0, 0.05) is 0 Å². The maximum absolute atomic E-state index is 10.0. The van der Waals surface area contributed by atoms with E-state index in [9.17, 15) is 10.2 Å². The Bertz CT molecular complexity index is 736. The van der Waals surface area contributed by atoms with Gasteiger partial charge in [-0.3, -0.25) is 0 Å². The van der Waals surface area contributed by atoms with E-state index in [-0.39, 0.29) is 13.2 Å². The van der Waals surface area contributed by atoms with Gasteiger partial charge in [-0.1, -0.05) is 60.7 Å². The van der Waals surface area contributed by atoms with Crippen LogP contribution in [0.1, 0.15) is 25.0 Å². The van der Waals surface area contributed by atoms with Crippen LogP contribution in [0.25, 0.3) is 0 Å². The molecule has 2 aromatic carbocycles. The number of hydrogen-bond acceptors (Lipinski definition) is 6. The van der Waals surface area contributed by atoms with E-state index in [4.69, 9.17) is 18.9 Å². The molecule has 0 aliphatic carbocycles. The third-order valence-electron chi connectivity index (χ3n) is 5.11. The Morgan fingerprint density at radius 2 is 1.30 bits per heavy atom. The van der Waals surface area contributed by atoms with E-state index in [2.05, 4.69) is 0 Å². The fourth-order valence-electron chi connectivity index (χ4n) is 3.53. The molecular formula is C24H32O6. The van der Waals surface area contributed by atoms with Crippen LogP contribution in [-0.2, 0) is 32.2 Å². The van der Waals surface area contributed by atoms with Crippen LogP contribution in [-0.4, -0.2) is 60.1 Å². The van der Waals surface area contributed by atoms with Crippen molar-refractivity contribution in [1.29, 1.82) is 0 Å². The van der Waals surface area contributed by atoms with Crippen LogP contribution >= 0.6 is 0 Å². The largest absolute Gasteiger partial charge is 0.394 e. The maximum atomic E-state index is 10.0. The van der Waals surface area contributed by atoms with Crippen molar-refractivity contribution in [3.63, 3.8) is 0 Å². The average molecular weight is 417 g/mol. The van der Waals surface area contributed by atoms with Gasteiger partial charge in [-0.15, -0.1) is 0 Å². The van der Waals surface area contributed by atoms with Crippen molar-refractivity contribution in [2.75, 3.05) is 19.8 Å². The van der Waals surface area contributed by atoms with E-state index < -0.39 is 30.0 Å². The summed E-state index contributed by atoms with van der Waals surface area (Å²) in [6.45, 7) is 4.45. The number of aliphatic hydroxyl groups excluding tert-OH is 2. The summed E-state index contributed by atoms with van der Waals surface area (Å²) in [7, 11) is 0. The number of aliphatic hydroxyl groups is 2. The lowest BCUT2D eigenvalue weighted by atomic mass is 9.98. The second-order valence-corrected chi connectivity index (χ2v) is 8.15. The molecule has 3 rings (SSSR count). The lowest BCUT2D eigenvalue weighted by Gasteiger charge is -2.45. The molecule has 0 radical (unpaired) electrons. The van der Waals surface area contributed by atoms with E-state index in [0.717, 1.165) is 11.1 Å². The minimum Gasteiger partial charge on any atom is -0.394 e. The molecule has 4 unspecified atom stereocenters. The van der Waals surface area contributed by atoms with Crippen LogP contribution in [0.5, 0.6) is 0 Å². The first-order chi connectivity index (χ1) is 14.5. The summed E-state index contributed by atoms with van der Waals surface area (Å²) in [4.78, 5) is 0. The van der Waals surface area contributed by atoms with Gasteiger partial charge in [0.25, 0.3) is 0 Å².